The molecule has 3 heterocycles. The number of hydrogen-bond acceptors (Lipinski definition) is 7. The molecule has 4 rings (SSSR count). The number of nitrogens with one attached hydrogen (secondary N) is 2. The van der Waals surface area contributed by atoms with Gasteiger partial charge in [-0.3, -0.25) is 0 Å². The molecule has 0 fully saturated rings. The summed E-state index contributed by atoms with van der Waals surface area (Å²) < 4.78 is 17.9. The summed E-state index contributed by atoms with van der Waals surface area (Å²) >= 11 is 6.22. The number of urea groups is 1. The van der Waals surface area contributed by atoms with E-state index in [0.29, 0.717) is 22.2 Å². The number of furan rings is 1. The second-order valence-electron chi connectivity index (χ2n) is 8.11. The van der Waals surface area contributed by atoms with Crippen LogP contribution in [0.1, 0.15) is 46.2 Å². The van der Waals surface area contributed by atoms with Crippen LogP contribution < -0.4 is 10.6 Å². The number of aromatic nitrogens is 2. The van der Waals surface area contributed by atoms with E-state index in [9.17, 15) is 14.4 Å². The summed E-state index contributed by atoms with van der Waals surface area (Å²) in [7, 11) is 0. The molecule has 1 atom stereocenters. The molecule has 1 aliphatic rings. The van der Waals surface area contributed by atoms with Gasteiger partial charge in [-0.05, 0) is 64.1 Å². The van der Waals surface area contributed by atoms with Crippen LogP contribution in [0, 0.1) is 20.8 Å². The van der Waals surface area contributed by atoms with E-state index < -0.39 is 24.0 Å². The number of aryl methyl sites for hydroxylation is 2. The van der Waals surface area contributed by atoms with Gasteiger partial charge >= 0.3 is 18.0 Å². The lowest BCUT2D eigenvalue weighted by Gasteiger charge is -2.27. The van der Waals surface area contributed by atoms with Crippen molar-refractivity contribution in [3.05, 3.63) is 81.2 Å². The summed E-state index contributed by atoms with van der Waals surface area (Å²) in [4.78, 5) is 37.8. The molecule has 0 radical (unpaired) electrons. The molecule has 2 amide bonds. The van der Waals surface area contributed by atoms with Crippen molar-refractivity contribution < 1.29 is 28.3 Å². The standard InChI is InChI=1S/C25H25ClN4O6/c1-5-34-24(32)20-18(27-25(33)28-22(20)19-11-6-13(2)36-19)12-35-23(31)16-7-9-17(10-8-16)30-15(4)21(26)14(3)29-30/h6-11,22H,5,12H2,1-4H3,(H2,27,28,33)/t22-/m1/s1. The van der Waals surface area contributed by atoms with Gasteiger partial charge in [-0.1, -0.05) is 11.6 Å². The summed E-state index contributed by atoms with van der Waals surface area (Å²) in [6, 6.07) is 8.54. The van der Waals surface area contributed by atoms with E-state index >= 15 is 0 Å². The first kappa shape index (κ1) is 25.1. The van der Waals surface area contributed by atoms with Crippen molar-refractivity contribution in [3.8, 4) is 5.69 Å². The molecule has 0 saturated carbocycles. The van der Waals surface area contributed by atoms with E-state index in [4.69, 9.17) is 25.5 Å². The maximum absolute atomic E-state index is 12.8. The van der Waals surface area contributed by atoms with E-state index in [-0.39, 0.29) is 30.0 Å². The van der Waals surface area contributed by atoms with Crippen LogP contribution in [-0.4, -0.2) is 41.0 Å². The van der Waals surface area contributed by atoms with Crippen LogP contribution in [0.4, 0.5) is 4.79 Å². The molecule has 188 valence electrons. The fourth-order valence-corrected chi connectivity index (χ4v) is 3.96. The first-order chi connectivity index (χ1) is 17.2. The molecule has 36 heavy (non-hydrogen) atoms. The van der Waals surface area contributed by atoms with Crippen molar-refractivity contribution in [1.29, 1.82) is 0 Å². The van der Waals surface area contributed by atoms with Crippen molar-refractivity contribution in [2.24, 2.45) is 0 Å². The number of nitrogens with zero attached hydrogens (tertiary/aromatic N) is 2. The average molecular weight is 513 g/mol. The molecule has 1 aromatic carbocycles. The Labute approximate surface area is 212 Å². The largest absolute Gasteiger partial charge is 0.464 e. The molecular formula is C25H25ClN4O6. The van der Waals surface area contributed by atoms with Gasteiger partial charge < -0.3 is 24.5 Å². The van der Waals surface area contributed by atoms with Gasteiger partial charge in [0, 0.05) is 0 Å². The zero-order chi connectivity index (χ0) is 26.0. The van der Waals surface area contributed by atoms with Crippen LogP contribution in [0.15, 0.2) is 52.1 Å². The van der Waals surface area contributed by atoms with Crippen LogP contribution in [-0.2, 0) is 14.3 Å². The lowest BCUT2D eigenvalue weighted by molar-refractivity contribution is -0.139. The Morgan fingerprint density at radius 1 is 1.08 bits per heavy atom. The van der Waals surface area contributed by atoms with Crippen molar-refractivity contribution >= 4 is 29.6 Å². The van der Waals surface area contributed by atoms with Crippen molar-refractivity contribution in [3.63, 3.8) is 0 Å². The van der Waals surface area contributed by atoms with E-state index in [0.717, 1.165) is 11.4 Å². The second kappa shape index (κ2) is 10.3. The molecule has 0 saturated heterocycles. The van der Waals surface area contributed by atoms with Crippen molar-refractivity contribution in [1.82, 2.24) is 20.4 Å². The maximum atomic E-state index is 12.8. The SMILES string of the molecule is CCOC(=O)C1=C(COC(=O)c2ccc(-n3nc(C)c(Cl)c3C)cc2)NC(=O)N[C@@H]1c1ccc(C)o1. The predicted molar refractivity (Wildman–Crippen MR) is 130 cm³/mol. The molecule has 0 spiro atoms. The van der Waals surface area contributed by atoms with Gasteiger partial charge in [-0.2, -0.15) is 5.10 Å². The summed E-state index contributed by atoms with van der Waals surface area (Å²) in [5.41, 5.74) is 2.70. The molecule has 11 heteroatoms. The lowest BCUT2D eigenvalue weighted by atomic mass is 10.0. The minimum atomic E-state index is -0.896. The summed E-state index contributed by atoms with van der Waals surface area (Å²) in [6.45, 7) is 6.85. The van der Waals surface area contributed by atoms with E-state index in [1.54, 1.807) is 54.9 Å². The summed E-state index contributed by atoms with van der Waals surface area (Å²) in [5, 5.41) is 10.2. The number of ether oxygens (including phenoxy) is 2. The zero-order valence-corrected chi connectivity index (χ0v) is 20.9. The molecule has 2 N–H and O–H groups in total. The fraction of sp³-hybridized carbons (Fsp3) is 0.280. The molecule has 10 nitrogen and oxygen atoms in total. The molecule has 1 aliphatic heterocycles. The summed E-state index contributed by atoms with van der Waals surface area (Å²) in [5.74, 6) is -0.334. The van der Waals surface area contributed by atoms with Gasteiger partial charge in [0.25, 0.3) is 0 Å². The Morgan fingerprint density at radius 3 is 2.39 bits per heavy atom. The number of rotatable bonds is 7. The van der Waals surface area contributed by atoms with Crippen molar-refractivity contribution in [2.75, 3.05) is 13.2 Å². The maximum Gasteiger partial charge on any atom is 0.338 e. The number of carbonyl (C=O) groups excluding carboxylic acids is 3. The van der Waals surface area contributed by atoms with Crippen LogP contribution in [0.5, 0.6) is 0 Å². The number of hydrogen-bond donors (Lipinski definition) is 2. The number of carbonyl (C=O) groups is 3. The minimum Gasteiger partial charge on any atom is -0.464 e. The van der Waals surface area contributed by atoms with Crippen LogP contribution in [0.3, 0.4) is 0 Å². The third-order valence-corrected chi connectivity index (χ3v) is 6.14. The van der Waals surface area contributed by atoms with E-state index in [1.807, 2.05) is 13.8 Å². The molecule has 3 aromatic rings. The highest BCUT2D eigenvalue weighted by molar-refractivity contribution is 6.31. The first-order valence-corrected chi connectivity index (χ1v) is 11.6. The Kier molecular flexibility index (Phi) is 7.16. The highest BCUT2D eigenvalue weighted by Gasteiger charge is 2.36. The Bertz CT molecular complexity index is 1360. The highest BCUT2D eigenvalue weighted by Crippen LogP contribution is 2.29. The second-order valence-corrected chi connectivity index (χ2v) is 8.49. The fourth-order valence-electron chi connectivity index (χ4n) is 3.84. The summed E-state index contributed by atoms with van der Waals surface area (Å²) in [6.07, 6.45) is 0. The number of amides is 2. The first-order valence-electron chi connectivity index (χ1n) is 11.2. The van der Waals surface area contributed by atoms with Gasteiger partial charge in [0.1, 0.15) is 24.2 Å². The molecule has 0 bridgehead atoms. The Balaban J connectivity index is 1.56. The molecule has 0 aliphatic carbocycles. The Morgan fingerprint density at radius 2 is 1.81 bits per heavy atom. The van der Waals surface area contributed by atoms with E-state index in [1.165, 1.54) is 0 Å². The van der Waals surface area contributed by atoms with Gasteiger partial charge in [-0.15, -0.1) is 0 Å². The molecule has 2 aromatic heterocycles. The van der Waals surface area contributed by atoms with Crippen LogP contribution in [0.25, 0.3) is 5.69 Å². The van der Waals surface area contributed by atoms with Crippen LogP contribution >= 0.6 is 11.6 Å². The minimum absolute atomic E-state index is 0.0929. The van der Waals surface area contributed by atoms with Gasteiger partial charge in [0.2, 0.25) is 0 Å². The molecule has 0 unspecified atom stereocenters. The zero-order valence-electron chi connectivity index (χ0n) is 20.2. The van der Waals surface area contributed by atoms with Gasteiger partial charge in [0.05, 0.1) is 45.5 Å². The average Bonchev–Trinajstić information content (AvgIpc) is 3.40. The van der Waals surface area contributed by atoms with Crippen LogP contribution in [0.2, 0.25) is 5.02 Å². The van der Waals surface area contributed by atoms with Gasteiger partial charge in [0.15, 0.2) is 0 Å². The molecular weight excluding hydrogens is 488 g/mol. The van der Waals surface area contributed by atoms with E-state index in [2.05, 4.69) is 15.7 Å². The number of halogens is 1. The normalized spacial score (nSPS) is 15.4. The highest BCUT2D eigenvalue weighted by atomic mass is 35.5. The smallest absolute Gasteiger partial charge is 0.338 e. The third kappa shape index (κ3) is 4.99. The predicted octanol–water partition coefficient (Wildman–Crippen LogP) is 4.07. The monoisotopic (exact) mass is 512 g/mol. The van der Waals surface area contributed by atoms with Gasteiger partial charge in [-0.25, -0.2) is 19.1 Å². The lowest BCUT2D eigenvalue weighted by Crippen LogP contribution is -2.47. The number of esters is 2. The Hall–Kier alpha value is -4.05. The topological polar surface area (TPSA) is 125 Å². The van der Waals surface area contributed by atoms with Crippen molar-refractivity contribution in [2.45, 2.75) is 33.7 Å². The number of benzene rings is 1. The third-order valence-electron chi connectivity index (χ3n) is 5.59. The quantitative estimate of drug-likeness (QED) is 0.457.